The molecule has 1 aliphatic carbocycles. The van der Waals surface area contributed by atoms with Gasteiger partial charge in [-0.15, -0.1) is 0 Å². The summed E-state index contributed by atoms with van der Waals surface area (Å²) < 4.78 is 0. The number of carbonyl (C=O) groups is 3. The number of aromatic amines is 1. The number of aliphatic hydroxyl groups excluding tert-OH is 2. The maximum atomic E-state index is 12.9. The van der Waals surface area contributed by atoms with Crippen molar-refractivity contribution in [3.05, 3.63) is 72.0 Å². The first-order valence-corrected chi connectivity index (χ1v) is 10.6. The summed E-state index contributed by atoms with van der Waals surface area (Å²) in [6, 6.07) is 5.47. The monoisotopic (exact) mass is 464 g/mol. The Balaban J connectivity index is 1.49. The minimum Gasteiger partial charge on any atom is -0.390 e. The fraction of sp³-hybridized carbons (Fsp3) is 0.261. The Morgan fingerprint density at radius 2 is 1.97 bits per heavy atom. The number of primary amides is 1. The van der Waals surface area contributed by atoms with Gasteiger partial charge in [0.1, 0.15) is 17.8 Å². The van der Waals surface area contributed by atoms with Gasteiger partial charge in [-0.1, -0.05) is 24.3 Å². The van der Waals surface area contributed by atoms with Gasteiger partial charge in [-0.05, 0) is 11.6 Å². The molecule has 2 heterocycles. The molecule has 0 aliphatic heterocycles. The zero-order valence-electron chi connectivity index (χ0n) is 18.0. The number of fused-ring (bicyclic) bond motifs is 1. The van der Waals surface area contributed by atoms with Crippen LogP contribution in [0.5, 0.6) is 0 Å². The van der Waals surface area contributed by atoms with E-state index in [0.29, 0.717) is 0 Å². The van der Waals surface area contributed by atoms with Gasteiger partial charge in [-0.3, -0.25) is 19.4 Å². The molecule has 0 saturated carbocycles. The molecule has 0 unspecified atom stereocenters. The Morgan fingerprint density at radius 3 is 2.71 bits per heavy atom. The van der Waals surface area contributed by atoms with Crippen LogP contribution in [0.2, 0.25) is 0 Å². The molecule has 3 aromatic rings. The van der Waals surface area contributed by atoms with E-state index < -0.39 is 42.0 Å². The lowest BCUT2D eigenvalue weighted by Gasteiger charge is -2.31. The van der Waals surface area contributed by atoms with Crippen molar-refractivity contribution in [3.8, 4) is 0 Å². The quantitative estimate of drug-likeness (QED) is 0.268. The molecule has 0 radical (unpaired) electrons. The van der Waals surface area contributed by atoms with Crippen LogP contribution in [0.3, 0.4) is 0 Å². The van der Waals surface area contributed by atoms with Crippen molar-refractivity contribution in [2.75, 3.05) is 0 Å². The van der Waals surface area contributed by atoms with Gasteiger partial charge in [0.15, 0.2) is 0 Å². The van der Waals surface area contributed by atoms with Crippen LogP contribution in [-0.4, -0.2) is 67.2 Å². The fourth-order valence-electron chi connectivity index (χ4n) is 3.90. The average Bonchev–Trinajstić information content (AvgIpc) is 3.24. The van der Waals surface area contributed by atoms with Crippen molar-refractivity contribution in [1.82, 2.24) is 25.6 Å². The van der Waals surface area contributed by atoms with Gasteiger partial charge in [0.2, 0.25) is 11.8 Å². The molecule has 1 aliphatic rings. The van der Waals surface area contributed by atoms with E-state index in [-0.39, 0.29) is 24.1 Å². The lowest BCUT2D eigenvalue weighted by atomic mass is 9.89. The summed E-state index contributed by atoms with van der Waals surface area (Å²) in [6.07, 6.45) is 4.46. The summed E-state index contributed by atoms with van der Waals surface area (Å²) in [4.78, 5) is 48.2. The normalized spacial score (nSPS) is 20.9. The molecule has 2 aromatic heterocycles. The van der Waals surface area contributed by atoms with Crippen molar-refractivity contribution in [2.45, 2.75) is 37.1 Å². The molecule has 176 valence electrons. The summed E-state index contributed by atoms with van der Waals surface area (Å²) >= 11 is 0. The number of rotatable bonds is 7. The summed E-state index contributed by atoms with van der Waals surface area (Å²) in [7, 11) is 0. The molecular formula is C23H24N6O5. The summed E-state index contributed by atoms with van der Waals surface area (Å²) in [6.45, 7) is 0. The standard InChI is InChI=1S/C23H24N6O5/c24-21(32)17(8-13-10-27-15-4-2-1-3-14(13)15)29-22(33)12-7-16(20(31)19(30)9-12)28-23(34)18-11-25-5-6-26-18/h1-7,10-11,16-17,19-20,27,30-31H,8-9H2,(H2,24,32)(H,28,34)(H,29,33)/t16-,17-,19-,20-/m1/s1. The van der Waals surface area contributed by atoms with Crippen LogP contribution >= 0.6 is 0 Å². The van der Waals surface area contributed by atoms with Gasteiger partial charge in [-0.2, -0.15) is 0 Å². The third-order valence-electron chi connectivity index (χ3n) is 5.70. The molecule has 4 rings (SSSR count). The Morgan fingerprint density at radius 1 is 1.18 bits per heavy atom. The first-order chi connectivity index (χ1) is 16.3. The molecule has 0 saturated heterocycles. The largest absolute Gasteiger partial charge is 0.390 e. The van der Waals surface area contributed by atoms with E-state index in [0.717, 1.165) is 16.5 Å². The lowest BCUT2D eigenvalue weighted by Crippen LogP contribution is -2.52. The second-order valence-electron chi connectivity index (χ2n) is 8.04. The van der Waals surface area contributed by atoms with E-state index in [9.17, 15) is 24.6 Å². The predicted octanol–water partition coefficient (Wildman–Crippen LogP) is -0.679. The second kappa shape index (κ2) is 9.81. The third-order valence-corrected chi connectivity index (χ3v) is 5.70. The Bertz CT molecular complexity index is 1240. The molecule has 4 atom stereocenters. The first kappa shape index (κ1) is 23.1. The molecule has 11 nitrogen and oxygen atoms in total. The highest BCUT2D eigenvalue weighted by Crippen LogP contribution is 2.22. The van der Waals surface area contributed by atoms with E-state index in [4.69, 9.17) is 5.73 Å². The molecule has 3 amide bonds. The number of nitrogens with two attached hydrogens (primary N) is 1. The highest BCUT2D eigenvalue weighted by molar-refractivity contribution is 5.98. The van der Waals surface area contributed by atoms with Crippen molar-refractivity contribution >= 4 is 28.6 Å². The van der Waals surface area contributed by atoms with Crippen LogP contribution in [0.15, 0.2) is 60.7 Å². The number of amides is 3. The minimum absolute atomic E-state index is 0.0155. The number of hydrogen-bond acceptors (Lipinski definition) is 7. The number of aromatic nitrogens is 3. The van der Waals surface area contributed by atoms with Crippen molar-refractivity contribution in [3.63, 3.8) is 0 Å². The van der Waals surface area contributed by atoms with Crippen LogP contribution in [0.4, 0.5) is 0 Å². The van der Waals surface area contributed by atoms with Crippen LogP contribution in [-0.2, 0) is 16.0 Å². The van der Waals surface area contributed by atoms with Crippen LogP contribution in [0, 0.1) is 0 Å². The van der Waals surface area contributed by atoms with Crippen LogP contribution in [0.25, 0.3) is 10.9 Å². The van der Waals surface area contributed by atoms with E-state index in [1.54, 1.807) is 6.20 Å². The Kier molecular flexibility index (Phi) is 6.66. The molecule has 1 aromatic carbocycles. The number of nitrogens with one attached hydrogen (secondary N) is 3. The van der Waals surface area contributed by atoms with E-state index in [2.05, 4.69) is 25.6 Å². The average molecular weight is 464 g/mol. The van der Waals surface area contributed by atoms with Crippen molar-refractivity contribution in [1.29, 1.82) is 0 Å². The van der Waals surface area contributed by atoms with Gasteiger partial charge in [-0.25, -0.2) is 4.98 Å². The highest BCUT2D eigenvalue weighted by Gasteiger charge is 2.35. The maximum Gasteiger partial charge on any atom is 0.272 e. The smallest absolute Gasteiger partial charge is 0.272 e. The van der Waals surface area contributed by atoms with Gasteiger partial charge in [0.25, 0.3) is 5.91 Å². The minimum atomic E-state index is -1.34. The second-order valence-corrected chi connectivity index (χ2v) is 8.04. The molecule has 7 N–H and O–H groups in total. The summed E-state index contributed by atoms with van der Waals surface area (Å²) in [5, 5.41) is 26.6. The predicted molar refractivity (Wildman–Crippen MR) is 121 cm³/mol. The number of aliphatic hydroxyl groups is 2. The topological polar surface area (TPSA) is 183 Å². The molecule has 11 heteroatoms. The third kappa shape index (κ3) is 4.95. The number of nitrogens with zero attached hydrogens (tertiary/aromatic N) is 2. The molecule has 0 spiro atoms. The number of benzene rings is 1. The van der Waals surface area contributed by atoms with Gasteiger partial charge in [0, 0.05) is 47.9 Å². The number of H-pyrrole nitrogens is 1. The summed E-state index contributed by atoms with van der Waals surface area (Å²) in [5.41, 5.74) is 7.36. The zero-order valence-corrected chi connectivity index (χ0v) is 18.0. The lowest BCUT2D eigenvalue weighted by molar-refractivity contribution is -0.125. The SMILES string of the molecule is NC(=O)[C@@H](Cc1c[nH]c2ccccc12)NC(=O)C1=C[C@@H](NC(=O)c2cnccn2)[C@@H](O)[C@H](O)C1. The number of carbonyl (C=O) groups excluding carboxylic acids is 3. The van der Waals surface area contributed by atoms with Crippen LogP contribution in [0.1, 0.15) is 22.5 Å². The van der Waals surface area contributed by atoms with E-state index in [1.807, 2.05) is 24.3 Å². The van der Waals surface area contributed by atoms with E-state index >= 15 is 0 Å². The van der Waals surface area contributed by atoms with Crippen molar-refractivity contribution < 1.29 is 24.6 Å². The number of hydrogen-bond donors (Lipinski definition) is 6. The molecule has 0 bridgehead atoms. The first-order valence-electron chi connectivity index (χ1n) is 10.6. The Hall–Kier alpha value is -4.09. The Labute approximate surface area is 194 Å². The maximum absolute atomic E-state index is 12.9. The van der Waals surface area contributed by atoms with Gasteiger partial charge < -0.3 is 31.6 Å². The van der Waals surface area contributed by atoms with Gasteiger partial charge in [0.05, 0.1) is 18.3 Å². The fourth-order valence-corrected chi connectivity index (χ4v) is 3.90. The molecule has 34 heavy (non-hydrogen) atoms. The zero-order chi connectivity index (χ0) is 24.2. The molecule has 0 fully saturated rings. The van der Waals surface area contributed by atoms with Crippen LogP contribution < -0.4 is 16.4 Å². The highest BCUT2D eigenvalue weighted by atomic mass is 16.3. The number of para-hydroxylation sites is 1. The van der Waals surface area contributed by atoms with E-state index in [1.165, 1.54) is 24.7 Å². The van der Waals surface area contributed by atoms with Gasteiger partial charge >= 0.3 is 0 Å². The van der Waals surface area contributed by atoms with Crippen molar-refractivity contribution in [2.24, 2.45) is 5.73 Å². The molecular weight excluding hydrogens is 440 g/mol. The summed E-state index contributed by atoms with van der Waals surface area (Å²) in [5.74, 6) is -1.98.